The number of ether oxygens (including phenoxy) is 1. The molecule has 0 aromatic rings. The Balaban J connectivity index is 2.26. The van der Waals surface area contributed by atoms with Crippen molar-refractivity contribution in [3.8, 4) is 0 Å². The van der Waals surface area contributed by atoms with E-state index in [1.807, 2.05) is 20.8 Å². The molecule has 1 fully saturated rings. The molecule has 1 aliphatic rings. The van der Waals surface area contributed by atoms with Crippen LogP contribution >= 0.6 is 0 Å². The van der Waals surface area contributed by atoms with Crippen molar-refractivity contribution in [1.29, 1.82) is 0 Å². The lowest BCUT2D eigenvalue weighted by molar-refractivity contribution is 0.0287. The van der Waals surface area contributed by atoms with Crippen LogP contribution in [0.5, 0.6) is 0 Å². The third-order valence-corrected chi connectivity index (χ3v) is 3.03. The number of unbranched alkanes of at least 4 members (excludes halogenated alkanes) is 1. The van der Waals surface area contributed by atoms with Gasteiger partial charge < -0.3 is 14.7 Å². The fourth-order valence-electron chi connectivity index (χ4n) is 2.16. The Morgan fingerprint density at radius 2 is 2.22 bits per heavy atom. The molecule has 1 rings (SSSR count). The van der Waals surface area contributed by atoms with Gasteiger partial charge in [0.2, 0.25) is 0 Å². The van der Waals surface area contributed by atoms with Crippen LogP contribution in [0.1, 0.15) is 46.5 Å². The number of amides is 1. The van der Waals surface area contributed by atoms with Gasteiger partial charge in [-0.15, -0.1) is 0 Å². The van der Waals surface area contributed by atoms with Crippen LogP contribution in [0.3, 0.4) is 0 Å². The molecule has 0 radical (unpaired) electrons. The van der Waals surface area contributed by atoms with E-state index in [0.29, 0.717) is 5.92 Å². The molecule has 0 saturated carbocycles. The number of allylic oxidation sites excluding steroid dienone is 1. The summed E-state index contributed by atoms with van der Waals surface area (Å²) in [5.74, 6) is 0.574. The lowest BCUT2D eigenvalue weighted by Gasteiger charge is -2.24. The number of carbonyl (C=O) groups is 1. The summed E-state index contributed by atoms with van der Waals surface area (Å²) in [7, 11) is 0. The highest BCUT2D eigenvalue weighted by molar-refractivity contribution is 5.68. The van der Waals surface area contributed by atoms with Gasteiger partial charge in [-0.05, 0) is 52.4 Å². The second-order valence-corrected chi connectivity index (χ2v) is 5.90. The lowest BCUT2D eigenvalue weighted by Crippen LogP contribution is -2.35. The van der Waals surface area contributed by atoms with E-state index in [2.05, 4.69) is 0 Å². The van der Waals surface area contributed by atoms with Crippen molar-refractivity contribution in [1.82, 2.24) is 4.90 Å². The van der Waals surface area contributed by atoms with Crippen molar-refractivity contribution >= 4 is 6.09 Å². The first kappa shape index (κ1) is 14.9. The van der Waals surface area contributed by atoms with Gasteiger partial charge in [0.25, 0.3) is 0 Å². The molecule has 1 atom stereocenters. The fourth-order valence-corrected chi connectivity index (χ4v) is 2.16. The Hall–Kier alpha value is -1.19. The zero-order valence-corrected chi connectivity index (χ0v) is 11.7. The molecule has 0 bridgehead atoms. The first-order valence-corrected chi connectivity index (χ1v) is 6.69. The second kappa shape index (κ2) is 6.66. The van der Waals surface area contributed by atoms with Gasteiger partial charge in [-0.3, -0.25) is 0 Å². The van der Waals surface area contributed by atoms with Crippen LogP contribution < -0.4 is 0 Å². The topological polar surface area (TPSA) is 49.8 Å². The van der Waals surface area contributed by atoms with Gasteiger partial charge in [0.1, 0.15) is 5.60 Å². The maximum Gasteiger partial charge on any atom is 0.410 e. The molecular weight excluding hydrogens is 230 g/mol. The first-order chi connectivity index (χ1) is 8.42. The summed E-state index contributed by atoms with van der Waals surface area (Å²) in [6, 6.07) is 0. The Bertz CT molecular complexity index is 294. The summed E-state index contributed by atoms with van der Waals surface area (Å²) in [4.78, 5) is 13.6. The predicted octanol–water partition coefficient (Wildman–Crippen LogP) is 3.49. The Labute approximate surface area is 110 Å². The van der Waals surface area contributed by atoms with E-state index in [-0.39, 0.29) is 6.09 Å². The number of rotatable bonds is 4. The normalized spacial score (nSPS) is 20.6. The van der Waals surface area contributed by atoms with Crippen LogP contribution in [0.4, 0.5) is 4.79 Å². The molecule has 0 aromatic heterocycles. The van der Waals surface area contributed by atoms with Crippen molar-refractivity contribution in [3.05, 3.63) is 12.3 Å². The summed E-state index contributed by atoms with van der Waals surface area (Å²) in [5, 5.41) is 8.53. The van der Waals surface area contributed by atoms with Crippen molar-refractivity contribution in [2.75, 3.05) is 13.1 Å². The Morgan fingerprint density at radius 1 is 1.50 bits per heavy atom. The number of hydrogen-bond acceptors (Lipinski definition) is 3. The van der Waals surface area contributed by atoms with Gasteiger partial charge in [-0.1, -0.05) is 6.08 Å². The Kier molecular flexibility index (Phi) is 5.51. The van der Waals surface area contributed by atoms with E-state index in [1.54, 1.807) is 11.0 Å². The third kappa shape index (κ3) is 5.43. The third-order valence-electron chi connectivity index (χ3n) is 3.03. The largest absolute Gasteiger partial charge is 0.516 e. The zero-order chi connectivity index (χ0) is 13.6. The Morgan fingerprint density at radius 3 is 2.83 bits per heavy atom. The minimum atomic E-state index is -0.416. The molecular formula is C14H25NO3. The monoisotopic (exact) mass is 255 g/mol. The van der Waals surface area contributed by atoms with Gasteiger partial charge in [0, 0.05) is 13.1 Å². The van der Waals surface area contributed by atoms with Crippen LogP contribution in [-0.4, -0.2) is 34.8 Å². The first-order valence-electron chi connectivity index (χ1n) is 6.69. The van der Waals surface area contributed by atoms with Crippen LogP contribution in [0, 0.1) is 5.92 Å². The molecule has 1 saturated heterocycles. The maximum absolute atomic E-state index is 11.8. The van der Waals surface area contributed by atoms with E-state index in [0.717, 1.165) is 45.0 Å². The quantitative estimate of drug-likeness (QED) is 0.618. The zero-order valence-electron chi connectivity index (χ0n) is 11.7. The fraction of sp³-hybridized carbons (Fsp3) is 0.786. The number of aliphatic hydroxyl groups excluding tert-OH is 1. The van der Waals surface area contributed by atoms with Gasteiger partial charge in [-0.25, -0.2) is 4.79 Å². The van der Waals surface area contributed by atoms with Gasteiger partial charge in [0.05, 0.1) is 6.26 Å². The average molecular weight is 255 g/mol. The molecule has 18 heavy (non-hydrogen) atoms. The van der Waals surface area contributed by atoms with Crippen molar-refractivity contribution in [2.45, 2.75) is 52.1 Å². The standard InChI is InChI=1S/C14H25NO3/c1-14(2,3)18-13(17)15-9-8-12(11-15)7-5-4-6-10-16/h6,10,12,16H,4-5,7-9,11H2,1-3H3/t12-/m0/s1. The van der Waals surface area contributed by atoms with Gasteiger partial charge >= 0.3 is 6.09 Å². The van der Waals surface area contributed by atoms with Crippen LogP contribution in [0.15, 0.2) is 12.3 Å². The molecule has 1 heterocycles. The maximum atomic E-state index is 11.8. The van der Waals surface area contributed by atoms with Crippen LogP contribution in [-0.2, 0) is 4.74 Å². The highest BCUT2D eigenvalue weighted by Crippen LogP contribution is 2.23. The lowest BCUT2D eigenvalue weighted by atomic mass is 10.0. The smallest absolute Gasteiger partial charge is 0.410 e. The van der Waals surface area contributed by atoms with Crippen molar-refractivity contribution < 1.29 is 14.6 Å². The molecule has 0 spiro atoms. The minimum absolute atomic E-state index is 0.194. The molecule has 4 heteroatoms. The number of likely N-dealkylation sites (tertiary alicyclic amines) is 1. The summed E-state index contributed by atoms with van der Waals surface area (Å²) >= 11 is 0. The number of nitrogens with zero attached hydrogens (tertiary/aromatic N) is 1. The minimum Gasteiger partial charge on any atom is -0.516 e. The number of carbonyl (C=O) groups excluding carboxylic acids is 1. The van der Waals surface area contributed by atoms with Crippen molar-refractivity contribution in [2.24, 2.45) is 5.92 Å². The average Bonchev–Trinajstić information content (AvgIpc) is 2.71. The van der Waals surface area contributed by atoms with Gasteiger partial charge in [0.15, 0.2) is 0 Å². The summed E-state index contributed by atoms with van der Waals surface area (Å²) in [6.07, 6.45) is 6.79. The van der Waals surface area contributed by atoms with E-state index < -0.39 is 5.60 Å². The molecule has 0 aromatic carbocycles. The molecule has 1 aliphatic heterocycles. The van der Waals surface area contributed by atoms with E-state index in [9.17, 15) is 4.79 Å². The molecule has 0 aliphatic carbocycles. The SMILES string of the molecule is CC(C)(C)OC(=O)N1CC[C@H](CCCC=CO)C1. The van der Waals surface area contributed by atoms with Crippen LogP contribution in [0.25, 0.3) is 0 Å². The summed E-state index contributed by atoms with van der Waals surface area (Å²) in [5.41, 5.74) is -0.416. The van der Waals surface area contributed by atoms with E-state index >= 15 is 0 Å². The molecule has 104 valence electrons. The highest BCUT2D eigenvalue weighted by atomic mass is 16.6. The van der Waals surface area contributed by atoms with Crippen molar-refractivity contribution in [3.63, 3.8) is 0 Å². The van der Waals surface area contributed by atoms with Gasteiger partial charge in [-0.2, -0.15) is 0 Å². The van der Waals surface area contributed by atoms with E-state index in [1.165, 1.54) is 0 Å². The number of hydrogen-bond donors (Lipinski definition) is 1. The number of aliphatic hydroxyl groups is 1. The van der Waals surface area contributed by atoms with Crippen LogP contribution in [0.2, 0.25) is 0 Å². The summed E-state index contributed by atoms with van der Waals surface area (Å²) < 4.78 is 5.36. The molecule has 1 N–H and O–H groups in total. The summed E-state index contributed by atoms with van der Waals surface area (Å²) in [6.45, 7) is 7.27. The molecule has 1 amide bonds. The van der Waals surface area contributed by atoms with E-state index in [4.69, 9.17) is 9.84 Å². The molecule has 4 nitrogen and oxygen atoms in total. The molecule has 0 unspecified atom stereocenters. The predicted molar refractivity (Wildman–Crippen MR) is 71.5 cm³/mol. The highest BCUT2D eigenvalue weighted by Gasteiger charge is 2.29. The second-order valence-electron chi connectivity index (χ2n) is 5.90.